The van der Waals surface area contributed by atoms with Crippen molar-refractivity contribution in [2.75, 3.05) is 18.1 Å². The van der Waals surface area contributed by atoms with E-state index in [2.05, 4.69) is 35.8 Å². The third kappa shape index (κ3) is 3.56. The first-order chi connectivity index (χ1) is 6.26. The van der Waals surface area contributed by atoms with Gasteiger partial charge in [0.1, 0.15) is 0 Å². The average Bonchev–Trinajstić information content (AvgIpc) is 2.61. The minimum absolute atomic E-state index is 0.647. The van der Waals surface area contributed by atoms with Gasteiger partial charge < -0.3 is 5.32 Å². The molecule has 1 aromatic heterocycles. The largest absolute Gasteiger partial charge is 0.360 e. The SMILES string of the molecule is CCc1csc(NCC(C)SC)n1. The summed E-state index contributed by atoms with van der Waals surface area (Å²) in [6, 6.07) is 0. The highest BCUT2D eigenvalue weighted by Crippen LogP contribution is 2.16. The van der Waals surface area contributed by atoms with Crippen LogP contribution in [-0.2, 0) is 6.42 Å². The summed E-state index contributed by atoms with van der Waals surface area (Å²) < 4.78 is 0. The van der Waals surface area contributed by atoms with E-state index in [1.807, 2.05) is 11.8 Å². The molecule has 1 heterocycles. The number of nitrogens with one attached hydrogen (secondary N) is 1. The molecule has 13 heavy (non-hydrogen) atoms. The van der Waals surface area contributed by atoms with Crippen molar-refractivity contribution in [3.63, 3.8) is 0 Å². The molecule has 74 valence electrons. The van der Waals surface area contributed by atoms with Gasteiger partial charge in [-0.25, -0.2) is 4.98 Å². The second kappa shape index (κ2) is 5.50. The lowest BCUT2D eigenvalue weighted by Crippen LogP contribution is -2.12. The van der Waals surface area contributed by atoms with Gasteiger partial charge in [-0.3, -0.25) is 0 Å². The number of hydrogen-bond acceptors (Lipinski definition) is 4. The van der Waals surface area contributed by atoms with E-state index in [-0.39, 0.29) is 0 Å². The molecule has 0 aliphatic rings. The van der Waals surface area contributed by atoms with Crippen molar-refractivity contribution >= 4 is 28.2 Å². The number of thiazole rings is 1. The summed E-state index contributed by atoms with van der Waals surface area (Å²) in [5.41, 5.74) is 1.18. The minimum Gasteiger partial charge on any atom is -0.360 e. The molecular weight excluding hydrogens is 200 g/mol. The van der Waals surface area contributed by atoms with Crippen LogP contribution in [0.5, 0.6) is 0 Å². The summed E-state index contributed by atoms with van der Waals surface area (Å²) in [5, 5.41) is 7.15. The molecule has 1 atom stereocenters. The molecule has 0 saturated heterocycles. The van der Waals surface area contributed by atoms with Crippen molar-refractivity contribution in [2.24, 2.45) is 0 Å². The molecule has 0 aliphatic carbocycles. The normalized spacial score (nSPS) is 12.8. The van der Waals surface area contributed by atoms with Crippen molar-refractivity contribution < 1.29 is 0 Å². The van der Waals surface area contributed by atoms with Crippen molar-refractivity contribution in [2.45, 2.75) is 25.5 Å². The van der Waals surface area contributed by atoms with E-state index in [0.29, 0.717) is 5.25 Å². The average molecular weight is 216 g/mol. The highest BCUT2D eigenvalue weighted by atomic mass is 32.2. The molecule has 0 saturated carbocycles. The van der Waals surface area contributed by atoms with E-state index in [1.165, 1.54) is 5.69 Å². The molecule has 1 N–H and O–H groups in total. The number of rotatable bonds is 5. The lowest BCUT2D eigenvalue weighted by molar-refractivity contribution is 0.989. The zero-order chi connectivity index (χ0) is 9.68. The zero-order valence-electron chi connectivity index (χ0n) is 8.33. The number of aryl methyl sites for hydroxylation is 1. The van der Waals surface area contributed by atoms with Gasteiger partial charge in [0.25, 0.3) is 0 Å². The van der Waals surface area contributed by atoms with Crippen LogP contribution in [0.25, 0.3) is 0 Å². The number of nitrogens with zero attached hydrogens (tertiary/aromatic N) is 1. The van der Waals surface area contributed by atoms with Gasteiger partial charge in [-0.1, -0.05) is 13.8 Å². The first-order valence-corrected chi connectivity index (χ1v) is 6.64. The Labute approximate surface area is 88.2 Å². The van der Waals surface area contributed by atoms with Crippen LogP contribution < -0.4 is 5.32 Å². The Kier molecular flexibility index (Phi) is 4.59. The van der Waals surface area contributed by atoms with Crippen LogP contribution in [0.3, 0.4) is 0 Å². The molecule has 1 rings (SSSR count). The maximum atomic E-state index is 4.43. The fourth-order valence-corrected chi connectivity index (χ4v) is 1.92. The maximum absolute atomic E-state index is 4.43. The summed E-state index contributed by atoms with van der Waals surface area (Å²) in [6.07, 6.45) is 3.15. The van der Waals surface area contributed by atoms with E-state index in [9.17, 15) is 0 Å². The number of anilines is 1. The van der Waals surface area contributed by atoms with Gasteiger partial charge in [-0.15, -0.1) is 11.3 Å². The van der Waals surface area contributed by atoms with Gasteiger partial charge in [0.15, 0.2) is 5.13 Å². The molecule has 1 unspecified atom stereocenters. The number of hydrogen-bond donors (Lipinski definition) is 1. The van der Waals surface area contributed by atoms with Gasteiger partial charge >= 0.3 is 0 Å². The molecule has 0 aromatic carbocycles. The zero-order valence-corrected chi connectivity index (χ0v) is 9.97. The predicted molar refractivity (Wildman–Crippen MR) is 63.0 cm³/mol. The summed E-state index contributed by atoms with van der Waals surface area (Å²) >= 11 is 3.57. The summed E-state index contributed by atoms with van der Waals surface area (Å²) in [6.45, 7) is 5.34. The summed E-state index contributed by atoms with van der Waals surface area (Å²) in [7, 11) is 0. The van der Waals surface area contributed by atoms with Crippen LogP contribution >= 0.6 is 23.1 Å². The van der Waals surface area contributed by atoms with Crippen molar-refractivity contribution in [1.29, 1.82) is 0 Å². The lowest BCUT2D eigenvalue weighted by atomic mass is 10.4. The summed E-state index contributed by atoms with van der Waals surface area (Å²) in [5.74, 6) is 0. The van der Waals surface area contributed by atoms with Crippen molar-refractivity contribution in [3.05, 3.63) is 11.1 Å². The van der Waals surface area contributed by atoms with Crippen LogP contribution in [0, 0.1) is 0 Å². The highest BCUT2D eigenvalue weighted by molar-refractivity contribution is 7.99. The van der Waals surface area contributed by atoms with Gasteiger partial charge in [0, 0.05) is 17.2 Å². The fraction of sp³-hybridized carbons (Fsp3) is 0.667. The Hall–Kier alpha value is -0.220. The predicted octanol–water partition coefficient (Wildman–Crippen LogP) is 2.87. The maximum Gasteiger partial charge on any atom is 0.182 e. The molecule has 0 bridgehead atoms. The first kappa shape index (κ1) is 10.9. The summed E-state index contributed by atoms with van der Waals surface area (Å²) in [4.78, 5) is 4.43. The minimum atomic E-state index is 0.647. The molecule has 4 heteroatoms. The second-order valence-electron chi connectivity index (χ2n) is 2.92. The van der Waals surface area contributed by atoms with E-state index in [1.54, 1.807) is 11.3 Å². The quantitative estimate of drug-likeness (QED) is 0.819. The molecule has 1 aromatic rings. The van der Waals surface area contributed by atoms with E-state index in [4.69, 9.17) is 0 Å². The fourth-order valence-electron chi connectivity index (χ4n) is 0.865. The van der Waals surface area contributed by atoms with Gasteiger partial charge in [-0.05, 0) is 12.7 Å². The molecule has 0 fully saturated rings. The van der Waals surface area contributed by atoms with Crippen LogP contribution in [0.1, 0.15) is 19.5 Å². The number of aromatic nitrogens is 1. The smallest absolute Gasteiger partial charge is 0.182 e. The monoisotopic (exact) mass is 216 g/mol. The van der Waals surface area contributed by atoms with Crippen LogP contribution in [0.2, 0.25) is 0 Å². The third-order valence-electron chi connectivity index (χ3n) is 1.86. The van der Waals surface area contributed by atoms with Gasteiger partial charge in [-0.2, -0.15) is 11.8 Å². The van der Waals surface area contributed by atoms with E-state index >= 15 is 0 Å². The Morgan fingerprint density at radius 1 is 1.69 bits per heavy atom. The standard InChI is InChI=1S/C9H16N2S2/c1-4-8-6-13-9(11-8)10-5-7(2)12-3/h6-7H,4-5H2,1-3H3,(H,10,11). The van der Waals surface area contributed by atoms with Gasteiger partial charge in [0.05, 0.1) is 5.69 Å². The van der Waals surface area contributed by atoms with Gasteiger partial charge in [0.2, 0.25) is 0 Å². The van der Waals surface area contributed by atoms with Crippen LogP contribution in [-0.4, -0.2) is 23.0 Å². The topological polar surface area (TPSA) is 24.9 Å². The van der Waals surface area contributed by atoms with Crippen molar-refractivity contribution in [3.8, 4) is 0 Å². The Morgan fingerprint density at radius 3 is 3.00 bits per heavy atom. The lowest BCUT2D eigenvalue weighted by Gasteiger charge is -2.07. The van der Waals surface area contributed by atoms with Crippen molar-refractivity contribution in [1.82, 2.24) is 4.98 Å². The number of thioether (sulfide) groups is 1. The third-order valence-corrected chi connectivity index (χ3v) is 3.68. The Balaban J connectivity index is 2.36. The Morgan fingerprint density at radius 2 is 2.46 bits per heavy atom. The first-order valence-electron chi connectivity index (χ1n) is 4.47. The Bertz CT molecular complexity index is 248. The molecule has 0 radical (unpaired) electrons. The highest BCUT2D eigenvalue weighted by Gasteiger charge is 2.02. The molecule has 0 amide bonds. The molecular formula is C9H16N2S2. The second-order valence-corrected chi connectivity index (χ2v) is 5.06. The van der Waals surface area contributed by atoms with Crippen LogP contribution in [0.4, 0.5) is 5.13 Å². The molecule has 0 aliphatic heterocycles. The van der Waals surface area contributed by atoms with Crippen LogP contribution in [0.15, 0.2) is 5.38 Å². The van der Waals surface area contributed by atoms with E-state index in [0.717, 1.165) is 18.1 Å². The van der Waals surface area contributed by atoms with E-state index < -0.39 is 0 Å². The molecule has 2 nitrogen and oxygen atoms in total. The molecule has 0 spiro atoms.